The minimum absolute atomic E-state index is 0.140. The summed E-state index contributed by atoms with van der Waals surface area (Å²) in [6.07, 6.45) is 1.35. The number of nitrogens with one attached hydrogen (secondary N) is 1. The first-order chi connectivity index (χ1) is 12.3. The van der Waals surface area contributed by atoms with Crippen LogP contribution in [-0.2, 0) is 14.8 Å². The summed E-state index contributed by atoms with van der Waals surface area (Å²) in [5.74, 6) is -0.495. The lowest BCUT2D eigenvalue weighted by Gasteiger charge is -2.30. The maximum absolute atomic E-state index is 12.8. The molecule has 1 aliphatic rings. The van der Waals surface area contributed by atoms with Gasteiger partial charge in [-0.3, -0.25) is 4.79 Å². The average Bonchev–Trinajstić information content (AvgIpc) is 3.05. The van der Waals surface area contributed by atoms with Crippen LogP contribution in [0.1, 0.15) is 18.4 Å². The Morgan fingerprint density at radius 2 is 2.04 bits per heavy atom. The number of thiophene rings is 1. The number of sulfonamides is 1. The van der Waals surface area contributed by atoms with Crippen LogP contribution in [0, 0.1) is 12.8 Å². The number of benzene rings is 1. The second-order valence-corrected chi connectivity index (χ2v) is 11.7. The molecule has 2 heterocycles. The van der Waals surface area contributed by atoms with Crippen LogP contribution >= 0.6 is 43.2 Å². The van der Waals surface area contributed by atoms with Crippen LogP contribution in [0.5, 0.6) is 0 Å². The van der Waals surface area contributed by atoms with Crippen molar-refractivity contribution in [2.75, 3.05) is 18.4 Å². The largest absolute Gasteiger partial charge is 0.326 e. The first kappa shape index (κ1) is 20.0. The van der Waals surface area contributed by atoms with Crippen molar-refractivity contribution in [2.45, 2.75) is 24.0 Å². The van der Waals surface area contributed by atoms with Crippen LogP contribution in [0.4, 0.5) is 5.69 Å². The Kier molecular flexibility index (Phi) is 6.23. The van der Waals surface area contributed by atoms with E-state index in [2.05, 4.69) is 37.2 Å². The summed E-state index contributed by atoms with van der Waals surface area (Å²) in [4.78, 5) is 12.6. The molecule has 0 radical (unpaired) electrons. The summed E-state index contributed by atoms with van der Waals surface area (Å²) in [6, 6.07) is 8.93. The van der Waals surface area contributed by atoms with E-state index in [1.165, 1.54) is 15.6 Å². The molecule has 2 aromatic rings. The standard InChI is InChI=1S/C17H18Br2N2O3S2/c1-11-9-13(4-5-14(11)18)20-17(22)12-3-2-8-21(10-12)26(23,24)16-7-6-15(19)25-16/h4-7,9,12H,2-3,8,10H2,1H3,(H,20,22)/t12-/m1/s1. The molecule has 3 rings (SSSR count). The number of carbonyl (C=O) groups excluding carboxylic acids is 1. The Morgan fingerprint density at radius 3 is 2.69 bits per heavy atom. The lowest BCUT2D eigenvalue weighted by atomic mass is 9.98. The van der Waals surface area contributed by atoms with Crippen LogP contribution in [0.15, 0.2) is 42.8 Å². The Hall–Kier alpha value is -0.740. The fourth-order valence-electron chi connectivity index (χ4n) is 2.91. The molecule has 0 saturated carbocycles. The van der Waals surface area contributed by atoms with Gasteiger partial charge in [-0.25, -0.2) is 8.42 Å². The zero-order valence-electron chi connectivity index (χ0n) is 14.0. The van der Waals surface area contributed by atoms with E-state index in [-0.39, 0.29) is 18.4 Å². The van der Waals surface area contributed by atoms with Crippen LogP contribution in [-0.4, -0.2) is 31.7 Å². The quantitative estimate of drug-likeness (QED) is 0.638. The van der Waals surface area contributed by atoms with E-state index in [9.17, 15) is 13.2 Å². The average molecular weight is 522 g/mol. The molecule has 1 fully saturated rings. The number of anilines is 1. The molecular weight excluding hydrogens is 504 g/mol. The van der Waals surface area contributed by atoms with Gasteiger partial charge in [0.15, 0.2) is 0 Å². The molecule has 9 heteroatoms. The highest BCUT2D eigenvalue weighted by molar-refractivity contribution is 9.11. The summed E-state index contributed by atoms with van der Waals surface area (Å²) in [6.45, 7) is 2.60. The fourth-order valence-corrected chi connectivity index (χ4v) is 6.84. The number of hydrogen-bond donors (Lipinski definition) is 1. The highest BCUT2D eigenvalue weighted by Crippen LogP contribution is 2.31. The Balaban J connectivity index is 1.71. The summed E-state index contributed by atoms with van der Waals surface area (Å²) in [5.41, 5.74) is 1.75. The molecule has 0 aliphatic carbocycles. The minimum atomic E-state index is -3.56. The number of nitrogens with zero attached hydrogens (tertiary/aromatic N) is 1. The first-order valence-electron chi connectivity index (χ1n) is 8.10. The zero-order valence-corrected chi connectivity index (χ0v) is 18.8. The Bertz CT molecular complexity index is 928. The number of piperidine rings is 1. The summed E-state index contributed by atoms with van der Waals surface area (Å²) < 4.78 is 29.0. The SMILES string of the molecule is Cc1cc(NC(=O)[C@@H]2CCCN(S(=O)(=O)c3ccc(Br)s3)C2)ccc1Br. The van der Waals surface area contributed by atoms with Crippen molar-refractivity contribution in [3.8, 4) is 0 Å². The number of hydrogen-bond acceptors (Lipinski definition) is 4. The van der Waals surface area contributed by atoms with Crippen molar-refractivity contribution < 1.29 is 13.2 Å². The summed E-state index contributed by atoms with van der Waals surface area (Å²) in [7, 11) is -3.56. The van der Waals surface area contributed by atoms with Crippen LogP contribution < -0.4 is 5.32 Å². The number of aryl methyl sites for hydroxylation is 1. The van der Waals surface area contributed by atoms with Gasteiger partial charge in [-0.1, -0.05) is 15.9 Å². The molecule has 0 bridgehead atoms. The van der Waals surface area contributed by atoms with Gasteiger partial charge in [0.25, 0.3) is 10.0 Å². The van der Waals surface area contributed by atoms with Crippen LogP contribution in [0.2, 0.25) is 0 Å². The van der Waals surface area contributed by atoms with E-state index in [1.807, 2.05) is 25.1 Å². The summed E-state index contributed by atoms with van der Waals surface area (Å²) in [5, 5.41) is 2.91. The van der Waals surface area contributed by atoms with Crippen molar-refractivity contribution in [1.82, 2.24) is 4.31 Å². The smallest absolute Gasteiger partial charge is 0.252 e. The maximum atomic E-state index is 12.8. The fraction of sp³-hybridized carbons (Fsp3) is 0.353. The van der Waals surface area contributed by atoms with E-state index < -0.39 is 10.0 Å². The van der Waals surface area contributed by atoms with Crippen molar-refractivity contribution in [3.63, 3.8) is 0 Å². The Morgan fingerprint density at radius 1 is 1.27 bits per heavy atom. The van der Waals surface area contributed by atoms with E-state index in [1.54, 1.807) is 12.1 Å². The predicted octanol–water partition coefficient (Wildman–Crippen LogP) is 4.62. The van der Waals surface area contributed by atoms with Gasteiger partial charge in [-0.05, 0) is 71.6 Å². The van der Waals surface area contributed by atoms with Gasteiger partial charge in [0.05, 0.1) is 9.70 Å². The topological polar surface area (TPSA) is 66.5 Å². The second kappa shape index (κ2) is 8.10. The highest BCUT2D eigenvalue weighted by atomic mass is 79.9. The van der Waals surface area contributed by atoms with Gasteiger partial charge in [-0.15, -0.1) is 11.3 Å². The number of rotatable bonds is 4. The normalized spacial score (nSPS) is 18.7. The molecule has 1 atom stereocenters. The molecule has 1 saturated heterocycles. The molecule has 0 spiro atoms. The van der Waals surface area contributed by atoms with Crippen molar-refractivity contribution in [3.05, 3.63) is 44.2 Å². The third-order valence-corrected chi connectivity index (χ3v) is 9.17. The van der Waals surface area contributed by atoms with Crippen molar-refractivity contribution >= 4 is 64.8 Å². The van der Waals surface area contributed by atoms with Gasteiger partial charge in [0, 0.05) is 23.2 Å². The Labute approximate surface area is 174 Å². The molecule has 26 heavy (non-hydrogen) atoms. The molecule has 1 aromatic carbocycles. The third-order valence-electron chi connectivity index (χ3n) is 4.32. The van der Waals surface area contributed by atoms with Gasteiger partial charge >= 0.3 is 0 Å². The second-order valence-electron chi connectivity index (χ2n) is 6.21. The maximum Gasteiger partial charge on any atom is 0.252 e. The van der Waals surface area contributed by atoms with Crippen molar-refractivity contribution in [1.29, 1.82) is 0 Å². The van der Waals surface area contributed by atoms with Crippen molar-refractivity contribution in [2.24, 2.45) is 5.92 Å². The monoisotopic (exact) mass is 520 g/mol. The molecule has 1 amide bonds. The molecule has 1 aliphatic heterocycles. The predicted molar refractivity (Wildman–Crippen MR) is 111 cm³/mol. The number of amides is 1. The lowest BCUT2D eigenvalue weighted by Crippen LogP contribution is -2.43. The summed E-state index contributed by atoms with van der Waals surface area (Å²) >= 11 is 7.92. The first-order valence-corrected chi connectivity index (χ1v) is 11.9. The third kappa shape index (κ3) is 4.39. The molecule has 1 N–H and O–H groups in total. The van der Waals surface area contributed by atoms with E-state index in [0.717, 1.165) is 19.5 Å². The molecular formula is C17H18Br2N2O3S2. The highest BCUT2D eigenvalue weighted by Gasteiger charge is 2.34. The molecule has 1 aromatic heterocycles. The zero-order chi connectivity index (χ0) is 18.9. The number of carbonyl (C=O) groups is 1. The van der Waals surface area contributed by atoms with Gasteiger partial charge in [-0.2, -0.15) is 4.31 Å². The van der Waals surface area contributed by atoms with E-state index >= 15 is 0 Å². The van der Waals surface area contributed by atoms with Gasteiger partial charge in [0.1, 0.15) is 4.21 Å². The van der Waals surface area contributed by atoms with E-state index in [0.29, 0.717) is 23.6 Å². The van der Waals surface area contributed by atoms with Crippen LogP contribution in [0.25, 0.3) is 0 Å². The molecule has 0 unspecified atom stereocenters. The molecule has 140 valence electrons. The van der Waals surface area contributed by atoms with Crippen LogP contribution in [0.3, 0.4) is 0 Å². The van der Waals surface area contributed by atoms with Gasteiger partial charge < -0.3 is 5.32 Å². The van der Waals surface area contributed by atoms with Gasteiger partial charge in [0.2, 0.25) is 5.91 Å². The number of halogens is 2. The lowest BCUT2D eigenvalue weighted by molar-refractivity contribution is -0.120. The van der Waals surface area contributed by atoms with E-state index in [4.69, 9.17) is 0 Å². The molecule has 5 nitrogen and oxygen atoms in total. The minimum Gasteiger partial charge on any atom is -0.326 e.